The molecule has 2 N–H and O–H groups in total. The Bertz CT molecular complexity index is 882. The van der Waals surface area contributed by atoms with Crippen molar-refractivity contribution in [1.82, 2.24) is 25.1 Å². The summed E-state index contributed by atoms with van der Waals surface area (Å²) >= 11 is 0. The zero-order valence-electron chi connectivity index (χ0n) is 15.1. The first-order valence-corrected chi connectivity index (χ1v) is 8.24. The normalized spacial score (nSPS) is 12.6. The molecule has 25 heavy (non-hydrogen) atoms. The molecular formula is C18H22N6O. The molecule has 0 saturated heterocycles. The fourth-order valence-electron chi connectivity index (χ4n) is 2.56. The molecule has 0 aliphatic carbocycles. The molecule has 7 heteroatoms. The minimum atomic E-state index is -0.244. The Morgan fingerprint density at radius 3 is 2.16 bits per heavy atom. The van der Waals surface area contributed by atoms with Crippen molar-refractivity contribution in [1.29, 1.82) is 0 Å². The summed E-state index contributed by atoms with van der Waals surface area (Å²) < 4.78 is 5.42. The van der Waals surface area contributed by atoms with E-state index < -0.39 is 0 Å². The Morgan fingerprint density at radius 2 is 1.52 bits per heavy atom. The third-order valence-electron chi connectivity index (χ3n) is 3.87. The molecule has 0 spiro atoms. The van der Waals surface area contributed by atoms with Crippen molar-refractivity contribution >= 4 is 0 Å². The standard InChI is InChI=1S/C18H22N6O/c1-9(2)15(19)17-21-12(5)8-14(22-17)18-23-16(24-25-18)13-6-10(3)20-11(4)7-13/h6-9,15H,19H2,1-5H3. The zero-order chi connectivity index (χ0) is 18.1. The third-order valence-corrected chi connectivity index (χ3v) is 3.87. The summed E-state index contributed by atoms with van der Waals surface area (Å²) in [7, 11) is 0. The highest BCUT2D eigenvalue weighted by Crippen LogP contribution is 2.24. The second-order valence-corrected chi connectivity index (χ2v) is 6.58. The second kappa shape index (κ2) is 6.68. The van der Waals surface area contributed by atoms with Gasteiger partial charge in [-0.25, -0.2) is 9.97 Å². The van der Waals surface area contributed by atoms with Crippen molar-refractivity contribution in [2.75, 3.05) is 0 Å². The van der Waals surface area contributed by atoms with Crippen molar-refractivity contribution in [2.45, 2.75) is 40.7 Å². The number of hydrogen-bond acceptors (Lipinski definition) is 7. The van der Waals surface area contributed by atoms with Crippen LogP contribution < -0.4 is 5.73 Å². The van der Waals surface area contributed by atoms with E-state index in [-0.39, 0.29) is 12.0 Å². The quantitative estimate of drug-likeness (QED) is 0.779. The summed E-state index contributed by atoms with van der Waals surface area (Å²) in [4.78, 5) is 17.8. The van der Waals surface area contributed by atoms with Crippen LogP contribution in [0, 0.1) is 26.7 Å². The van der Waals surface area contributed by atoms with Gasteiger partial charge in [0.05, 0.1) is 6.04 Å². The number of aryl methyl sites for hydroxylation is 3. The van der Waals surface area contributed by atoms with Gasteiger partial charge in [0.15, 0.2) is 0 Å². The molecule has 0 saturated carbocycles. The molecule has 3 aromatic heterocycles. The molecule has 130 valence electrons. The van der Waals surface area contributed by atoms with Crippen LogP contribution in [0.3, 0.4) is 0 Å². The van der Waals surface area contributed by atoms with Gasteiger partial charge < -0.3 is 10.3 Å². The van der Waals surface area contributed by atoms with Gasteiger partial charge in [0.1, 0.15) is 11.5 Å². The largest absolute Gasteiger partial charge is 0.332 e. The number of rotatable bonds is 4. The SMILES string of the molecule is Cc1cc(-c2noc(-c3cc(C)nc(C(N)C(C)C)n3)n2)cc(C)n1. The lowest BCUT2D eigenvalue weighted by atomic mass is 10.0. The summed E-state index contributed by atoms with van der Waals surface area (Å²) in [5.41, 5.74) is 10.3. The maximum Gasteiger partial charge on any atom is 0.276 e. The maximum atomic E-state index is 6.18. The highest BCUT2D eigenvalue weighted by molar-refractivity contribution is 5.58. The van der Waals surface area contributed by atoms with E-state index in [1.807, 2.05) is 52.8 Å². The smallest absolute Gasteiger partial charge is 0.276 e. The Kier molecular flexibility index (Phi) is 4.59. The lowest BCUT2D eigenvalue weighted by Gasteiger charge is -2.14. The Morgan fingerprint density at radius 1 is 0.880 bits per heavy atom. The van der Waals surface area contributed by atoms with E-state index in [0.29, 0.717) is 23.2 Å². The second-order valence-electron chi connectivity index (χ2n) is 6.58. The van der Waals surface area contributed by atoms with Crippen molar-refractivity contribution < 1.29 is 4.52 Å². The highest BCUT2D eigenvalue weighted by Gasteiger charge is 2.18. The molecule has 7 nitrogen and oxygen atoms in total. The van der Waals surface area contributed by atoms with Gasteiger partial charge in [-0.3, -0.25) is 4.98 Å². The summed E-state index contributed by atoms with van der Waals surface area (Å²) in [5.74, 6) is 1.68. The first-order valence-electron chi connectivity index (χ1n) is 8.24. The molecule has 0 aliphatic heterocycles. The van der Waals surface area contributed by atoms with Crippen molar-refractivity contribution in [3.63, 3.8) is 0 Å². The minimum Gasteiger partial charge on any atom is -0.332 e. The van der Waals surface area contributed by atoms with Crippen molar-refractivity contribution in [3.05, 3.63) is 41.1 Å². The molecule has 0 bridgehead atoms. The van der Waals surface area contributed by atoms with Crippen LogP contribution in [0.1, 0.15) is 42.8 Å². The lowest BCUT2D eigenvalue weighted by molar-refractivity contribution is 0.429. The number of hydrogen-bond donors (Lipinski definition) is 1. The first kappa shape index (κ1) is 17.2. The Hall–Kier alpha value is -2.67. The van der Waals surface area contributed by atoms with Crippen LogP contribution >= 0.6 is 0 Å². The highest BCUT2D eigenvalue weighted by atomic mass is 16.5. The fraction of sp³-hybridized carbons (Fsp3) is 0.389. The van der Waals surface area contributed by atoms with E-state index in [1.54, 1.807) is 0 Å². The van der Waals surface area contributed by atoms with E-state index >= 15 is 0 Å². The van der Waals surface area contributed by atoms with E-state index in [2.05, 4.69) is 25.1 Å². The van der Waals surface area contributed by atoms with E-state index in [1.165, 1.54) is 0 Å². The van der Waals surface area contributed by atoms with Gasteiger partial charge in [0.2, 0.25) is 5.82 Å². The molecular weight excluding hydrogens is 316 g/mol. The molecule has 0 amide bonds. The van der Waals surface area contributed by atoms with Gasteiger partial charge in [-0.05, 0) is 44.9 Å². The number of aromatic nitrogens is 5. The van der Waals surface area contributed by atoms with Crippen LogP contribution in [0.5, 0.6) is 0 Å². The third kappa shape index (κ3) is 3.71. The van der Waals surface area contributed by atoms with Crippen LogP contribution in [-0.4, -0.2) is 25.1 Å². The molecule has 0 fully saturated rings. The molecule has 0 radical (unpaired) electrons. The first-order chi connectivity index (χ1) is 11.8. The van der Waals surface area contributed by atoms with E-state index in [9.17, 15) is 0 Å². The molecule has 3 rings (SSSR count). The van der Waals surface area contributed by atoms with Crippen LogP contribution in [-0.2, 0) is 0 Å². The van der Waals surface area contributed by atoms with Crippen LogP contribution in [0.4, 0.5) is 0 Å². The fourth-order valence-corrected chi connectivity index (χ4v) is 2.56. The monoisotopic (exact) mass is 338 g/mol. The van der Waals surface area contributed by atoms with Gasteiger partial charge in [0, 0.05) is 22.6 Å². The summed E-state index contributed by atoms with van der Waals surface area (Å²) in [6.45, 7) is 9.84. The molecule has 1 atom stereocenters. The van der Waals surface area contributed by atoms with Crippen molar-refractivity contribution in [2.24, 2.45) is 11.7 Å². The molecule has 3 heterocycles. The van der Waals surface area contributed by atoms with Gasteiger partial charge in [-0.1, -0.05) is 19.0 Å². The van der Waals surface area contributed by atoms with Crippen molar-refractivity contribution in [3.8, 4) is 23.0 Å². The van der Waals surface area contributed by atoms with E-state index in [4.69, 9.17) is 10.3 Å². The number of nitrogens with two attached hydrogens (primary N) is 1. The number of pyridine rings is 1. The Labute approximate surface area is 146 Å². The molecule has 3 aromatic rings. The van der Waals surface area contributed by atoms with Crippen LogP contribution in [0.2, 0.25) is 0 Å². The van der Waals surface area contributed by atoms with Gasteiger partial charge in [0.25, 0.3) is 5.89 Å². The lowest BCUT2D eigenvalue weighted by Crippen LogP contribution is -2.20. The van der Waals surface area contributed by atoms with Crippen LogP contribution in [0.25, 0.3) is 23.0 Å². The maximum absolute atomic E-state index is 6.18. The van der Waals surface area contributed by atoms with E-state index in [0.717, 1.165) is 22.6 Å². The van der Waals surface area contributed by atoms with Gasteiger partial charge in [-0.2, -0.15) is 4.98 Å². The average Bonchev–Trinajstić information content (AvgIpc) is 3.02. The summed E-state index contributed by atoms with van der Waals surface area (Å²) in [6.07, 6.45) is 0. The number of nitrogens with zero attached hydrogens (tertiary/aromatic N) is 5. The summed E-state index contributed by atoms with van der Waals surface area (Å²) in [5, 5.41) is 4.08. The zero-order valence-corrected chi connectivity index (χ0v) is 15.1. The Balaban J connectivity index is 2.00. The average molecular weight is 338 g/mol. The topological polar surface area (TPSA) is 104 Å². The molecule has 1 unspecified atom stereocenters. The molecule has 0 aliphatic rings. The predicted molar refractivity (Wildman–Crippen MR) is 94.5 cm³/mol. The summed E-state index contributed by atoms with van der Waals surface area (Å²) in [6, 6.07) is 5.42. The van der Waals surface area contributed by atoms with Gasteiger partial charge >= 0.3 is 0 Å². The predicted octanol–water partition coefficient (Wildman–Crippen LogP) is 3.17. The van der Waals surface area contributed by atoms with Crippen LogP contribution in [0.15, 0.2) is 22.7 Å². The minimum absolute atomic E-state index is 0.232. The molecule has 0 aromatic carbocycles. The van der Waals surface area contributed by atoms with Gasteiger partial charge in [-0.15, -0.1) is 0 Å².